The third kappa shape index (κ3) is 3.06. The van der Waals surface area contributed by atoms with Gasteiger partial charge in [0, 0.05) is 11.9 Å². The van der Waals surface area contributed by atoms with E-state index in [4.69, 9.17) is 5.73 Å². The predicted octanol–water partition coefficient (Wildman–Crippen LogP) is -0.486. The number of carbonyl (C=O) groups excluding carboxylic acids is 2. The van der Waals surface area contributed by atoms with Gasteiger partial charge in [-0.05, 0) is 24.3 Å². The van der Waals surface area contributed by atoms with E-state index >= 15 is 0 Å². The van der Waals surface area contributed by atoms with Gasteiger partial charge in [0.25, 0.3) is 0 Å². The third-order valence-electron chi connectivity index (χ3n) is 1.76. The van der Waals surface area contributed by atoms with E-state index in [0.717, 1.165) is 6.26 Å². The van der Waals surface area contributed by atoms with E-state index < -0.39 is 21.7 Å². The van der Waals surface area contributed by atoms with Crippen LogP contribution in [0.1, 0.15) is 0 Å². The first-order valence-electron chi connectivity index (χ1n) is 4.21. The molecule has 0 radical (unpaired) electrons. The monoisotopic (exact) mass is 242 g/mol. The first-order chi connectivity index (χ1) is 7.30. The minimum absolute atomic E-state index is 0.129. The summed E-state index contributed by atoms with van der Waals surface area (Å²) in [6.45, 7) is 0. The van der Waals surface area contributed by atoms with E-state index in [1.54, 1.807) is 0 Å². The molecule has 1 rings (SSSR count). The zero-order valence-electron chi connectivity index (χ0n) is 8.43. The second-order valence-corrected chi connectivity index (χ2v) is 5.13. The highest BCUT2D eigenvalue weighted by atomic mass is 32.2. The number of primary amides is 1. The van der Waals surface area contributed by atoms with Gasteiger partial charge in [-0.1, -0.05) is 0 Å². The van der Waals surface area contributed by atoms with Crippen molar-refractivity contribution in [2.24, 2.45) is 5.73 Å². The van der Waals surface area contributed by atoms with Crippen LogP contribution in [0.25, 0.3) is 0 Å². The molecule has 0 aromatic heterocycles. The Hall–Kier alpha value is -1.89. The fraction of sp³-hybridized carbons (Fsp3) is 0.111. The van der Waals surface area contributed by atoms with E-state index in [0.29, 0.717) is 5.69 Å². The van der Waals surface area contributed by atoms with Gasteiger partial charge < -0.3 is 11.1 Å². The van der Waals surface area contributed by atoms with Gasteiger partial charge in [0.15, 0.2) is 9.84 Å². The van der Waals surface area contributed by atoms with Gasteiger partial charge in [0.1, 0.15) is 0 Å². The summed E-state index contributed by atoms with van der Waals surface area (Å²) in [6.07, 6.45) is 1.07. The lowest BCUT2D eigenvalue weighted by Crippen LogP contribution is -2.29. The van der Waals surface area contributed by atoms with Crippen LogP contribution in [0.2, 0.25) is 0 Å². The Kier molecular flexibility index (Phi) is 3.28. The molecule has 1 aromatic carbocycles. The Morgan fingerprint density at radius 1 is 1.19 bits per heavy atom. The van der Waals surface area contributed by atoms with Crippen LogP contribution in [0.5, 0.6) is 0 Å². The lowest BCUT2D eigenvalue weighted by Gasteiger charge is -2.03. The number of hydrogen-bond donors (Lipinski definition) is 2. The first-order valence-corrected chi connectivity index (χ1v) is 6.11. The van der Waals surface area contributed by atoms with Crippen LogP contribution in [-0.2, 0) is 19.4 Å². The standard InChI is InChI=1S/C9H10N2O4S/c1-16(14,15)7-4-2-6(3-5-7)11-9(13)8(10)12/h2-5H,1H3,(H2,10,12)(H,11,13). The Morgan fingerprint density at radius 3 is 2.06 bits per heavy atom. The smallest absolute Gasteiger partial charge is 0.313 e. The Morgan fingerprint density at radius 2 is 1.69 bits per heavy atom. The van der Waals surface area contributed by atoms with Gasteiger partial charge in [-0.25, -0.2) is 8.42 Å². The van der Waals surface area contributed by atoms with E-state index in [1.165, 1.54) is 24.3 Å². The summed E-state index contributed by atoms with van der Waals surface area (Å²) in [5.41, 5.74) is 5.04. The fourth-order valence-electron chi connectivity index (χ4n) is 0.978. The molecule has 6 nitrogen and oxygen atoms in total. The summed E-state index contributed by atoms with van der Waals surface area (Å²) in [5.74, 6) is -2.06. The zero-order valence-corrected chi connectivity index (χ0v) is 9.24. The summed E-state index contributed by atoms with van der Waals surface area (Å²) in [4.78, 5) is 21.5. The van der Waals surface area contributed by atoms with E-state index in [-0.39, 0.29) is 4.90 Å². The SMILES string of the molecule is CS(=O)(=O)c1ccc(NC(=O)C(N)=O)cc1. The molecule has 0 atom stereocenters. The number of nitrogens with two attached hydrogens (primary N) is 1. The van der Waals surface area contributed by atoms with E-state index in [2.05, 4.69) is 5.32 Å². The average molecular weight is 242 g/mol. The lowest BCUT2D eigenvalue weighted by molar-refractivity contribution is -0.134. The summed E-state index contributed by atoms with van der Waals surface area (Å²) in [5, 5.41) is 2.21. The predicted molar refractivity (Wildman–Crippen MR) is 57.4 cm³/mol. The minimum atomic E-state index is -3.27. The molecular weight excluding hydrogens is 232 g/mol. The van der Waals surface area contributed by atoms with Crippen LogP contribution in [0, 0.1) is 0 Å². The van der Waals surface area contributed by atoms with E-state index in [9.17, 15) is 18.0 Å². The van der Waals surface area contributed by atoms with Crippen molar-refractivity contribution in [1.82, 2.24) is 0 Å². The minimum Gasteiger partial charge on any atom is -0.361 e. The maximum atomic E-state index is 11.1. The van der Waals surface area contributed by atoms with Crippen molar-refractivity contribution in [2.75, 3.05) is 11.6 Å². The number of amides is 2. The summed E-state index contributed by atoms with van der Waals surface area (Å²) in [7, 11) is -3.27. The van der Waals surface area contributed by atoms with Gasteiger partial charge in [-0.2, -0.15) is 0 Å². The maximum absolute atomic E-state index is 11.1. The molecule has 1 aromatic rings. The number of carbonyl (C=O) groups is 2. The number of benzene rings is 1. The largest absolute Gasteiger partial charge is 0.361 e. The number of hydrogen-bond acceptors (Lipinski definition) is 4. The molecule has 86 valence electrons. The second-order valence-electron chi connectivity index (χ2n) is 3.11. The van der Waals surface area contributed by atoms with Gasteiger partial charge >= 0.3 is 11.8 Å². The van der Waals surface area contributed by atoms with Crippen molar-refractivity contribution in [3.63, 3.8) is 0 Å². The lowest BCUT2D eigenvalue weighted by atomic mass is 10.3. The number of sulfone groups is 1. The third-order valence-corrected chi connectivity index (χ3v) is 2.89. The molecule has 0 aliphatic heterocycles. The number of anilines is 1. The van der Waals surface area contributed by atoms with Crippen LogP contribution < -0.4 is 11.1 Å². The van der Waals surface area contributed by atoms with Gasteiger partial charge in [-0.3, -0.25) is 9.59 Å². The van der Waals surface area contributed by atoms with Gasteiger partial charge in [-0.15, -0.1) is 0 Å². The van der Waals surface area contributed by atoms with Gasteiger partial charge in [0.2, 0.25) is 0 Å². The highest BCUT2D eigenvalue weighted by Gasteiger charge is 2.10. The molecule has 0 spiro atoms. The molecule has 0 bridgehead atoms. The summed E-state index contributed by atoms with van der Waals surface area (Å²) < 4.78 is 22.2. The highest BCUT2D eigenvalue weighted by molar-refractivity contribution is 7.90. The molecule has 0 unspecified atom stereocenters. The Balaban J connectivity index is 2.88. The Labute approximate surface area is 92.4 Å². The molecular formula is C9H10N2O4S. The van der Waals surface area contributed by atoms with Crippen molar-refractivity contribution < 1.29 is 18.0 Å². The molecule has 7 heteroatoms. The molecule has 0 saturated carbocycles. The topological polar surface area (TPSA) is 106 Å². The van der Waals surface area contributed by atoms with Crippen LogP contribution in [0.3, 0.4) is 0 Å². The molecule has 3 N–H and O–H groups in total. The first kappa shape index (κ1) is 12.2. The zero-order chi connectivity index (χ0) is 12.3. The van der Waals surface area contributed by atoms with Crippen LogP contribution >= 0.6 is 0 Å². The molecule has 0 saturated heterocycles. The quantitative estimate of drug-likeness (QED) is 0.682. The molecule has 0 heterocycles. The van der Waals surface area contributed by atoms with E-state index in [1.807, 2.05) is 0 Å². The van der Waals surface area contributed by atoms with Crippen LogP contribution in [0.4, 0.5) is 5.69 Å². The van der Waals surface area contributed by atoms with Crippen molar-refractivity contribution >= 4 is 27.3 Å². The summed E-state index contributed by atoms with van der Waals surface area (Å²) in [6, 6.07) is 5.40. The summed E-state index contributed by atoms with van der Waals surface area (Å²) >= 11 is 0. The van der Waals surface area contributed by atoms with Crippen molar-refractivity contribution in [3.8, 4) is 0 Å². The molecule has 0 aliphatic rings. The van der Waals surface area contributed by atoms with Crippen LogP contribution in [0.15, 0.2) is 29.2 Å². The fourth-order valence-corrected chi connectivity index (χ4v) is 1.61. The molecule has 0 aliphatic carbocycles. The van der Waals surface area contributed by atoms with Crippen molar-refractivity contribution in [3.05, 3.63) is 24.3 Å². The van der Waals surface area contributed by atoms with Crippen LogP contribution in [-0.4, -0.2) is 26.5 Å². The van der Waals surface area contributed by atoms with Gasteiger partial charge in [0.05, 0.1) is 4.90 Å². The highest BCUT2D eigenvalue weighted by Crippen LogP contribution is 2.13. The van der Waals surface area contributed by atoms with Crippen molar-refractivity contribution in [2.45, 2.75) is 4.90 Å². The maximum Gasteiger partial charge on any atom is 0.313 e. The second kappa shape index (κ2) is 4.31. The number of nitrogens with one attached hydrogen (secondary N) is 1. The molecule has 16 heavy (non-hydrogen) atoms. The average Bonchev–Trinajstić information content (AvgIpc) is 2.17. The molecule has 2 amide bonds. The number of rotatable bonds is 2. The molecule has 0 fully saturated rings. The Bertz CT molecular complexity index is 519. The normalized spacial score (nSPS) is 10.8. The van der Waals surface area contributed by atoms with Crippen molar-refractivity contribution in [1.29, 1.82) is 0 Å².